The van der Waals surface area contributed by atoms with Crippen LogP contribution in [0.25, 0.3) is 0 Å². The molecule has 0 bridgehead atoms. The minimum Gasteiger partial charge on any atom is -0.498 e. The van der Waals surface area contributed by atoms with E-state index in [-0.39, 0.29) is 0 Å². The molecule has 108 valence electrons. The van der Waals surface area contributed by atoms with E-state index in [4.69, 9.17) is 4.74 Å². The largest absolute Gasteiger partial charge is 0.498 e. The summed E-state index contributed by atoms with van der Waals surface area (Å²) in [6.07, 6.45) is 8.10. The second kappa shape index (κ2) is 10.6. The maximum absolute atomic E-state index is 5.88. The summed E-state index contributed by atoms with van der Waals surface area (Å²) in [6, 6.07) is 0. The monoisotopic (exact) mass is 263 g/mol. The lowest BCUT2D eigenvalue weighted by atomic mass is 10.1. The lowest BCUT2D eigenvalue weighted by Gasteiger charge is -2.15. The minimum atomic E-state index is 0.530. The van der Waals surface area contributed by atoms with Crippen LogP contribution in [-0.2, 0) is 4.74 Å². The molecule has 1 atom stereocenters. The summed E-state index contributed by atoms with van der Waals surface area (Å²) in [6.45, 7) is 15.8. The zero-order chi connectivity index (χ0) is 14.7. The van der Waals surface area contributed by atoms with Crippen molar-refractivity contribution in [3.8, 4) is 0 Å². The highest BCUT2D eigenvalue weighted by Crippen LogP contribution is 2.13. The minimum absolute atomic E-state index is 0.530. The molecule has 0 spiro atoms. The first kappa shape index (κ1) is 17.7. The summed E-state index contributed by atoms with van der Waals surface area (Å²) in [5.41, 5.74) is 2.06. The van der Waals surface area contributed by atoms with Crippen molar-refractivity contribution in [1.29, 1.82) is 0 Å². The molecule has 0 amide bonds. The Morgan fingerprint density at radius 2 is 2.05 bits per heavy atom. The molecule has 0 aromatic carbocycles. The molecule has 1 unspecified atom stereocenters. The van der Waals surface area contributed by atoms with Crippen LogP contribution in [-0.4, -0.2) is 18.9 Å². The van der Waals surface area contributed by atoms with Crippen molar-refractivity contribution in [2.45, 2.75) is 47.5 Å². The lowest BCUT2D eigenvalue weighted by Crippen LogP contribution is -2.09. The Bertz CT molecular complexity index is 350. The molecule has 0 heterocycles. The van der Waals surface area contributed by atoms with E-state index >= 15 is 0 Å². The average molecular weight is 263 g/mol. The quantitative estimate of drug-likeness (QED) is 0.328. The van der Waals surface area contributed by atoms with Gasteiger partial charge in [0, 0.05) is 18.7 Å². The first-order valence-electron chi connectivity index (χ1n) is 7.13. The van der Waals surface area contributed by atoms with E-state index in [0.29, 0.717) is 5.92 Å². The first-order valence-corrected chi connectivity index (χ1v) is 7.13. The molecule has 2 heteroatoms. The number of hydrogen-bond donors (Lipinski definition) is 0. The number of nitrogens with zero attached hydrogens (tertiary/aromatic N) is 1. The van der Waals surface area contributed by atoms with E-state index in [1.54, 1.807) is 0 Å². The zero-order valence-corrected chi connectivity index (χ0v) is 13.2. The van der Waals surface area contributed by atoms with Crippen molar-refractivity contribution in [3.63, 3.8) is 0 Å². The molecule has 0 saturated carbocycles. The molecular formula is C17H29NO. The van der Waals surface area contributed by atoms with Crippen molar-refractivity contribution < 1.29 is 4.74 Å². The molecule has 0 rings (SSSR count). The fourth-order valence-electron chi connectivity index (χ4n) is 1.62. The Kier molecular flexibility index (Phi) is 9.87. The normalized spacial score (nSPS) is 14.8. The standard InChI is InChI=1S/C17H29NO/c1-7-10-11-15(6)13-19-16(8-2)12-17(14(4)5)18-9-3/h7-8,10,15H,4,9,11-13H2,1-3,5-6H3/b10-7-,16-8-,18-17-. The van der Waals surface area contributed by atoms with Gasteiger partial charge in [0.15, 0.2) is 0 Å². The lowest BCUT2D eigenvalue weighted by molar-refractivity contribution is 0.170. The van der Waals surface area contributed by atoms with Crippen LogP contribution in [0.15, 0.2) is 41.1 Å². The molecule has 0 aliphatic carbocycles. The summed E-state index contributed by atoms with van der Waals surface area (Å²) in [5.74, 6) is 1.52. The fourth-order valence-corrected chi connectivity index (χ4v) is 1.62. The Hall–Kier alpha value is -1.31. The van der Waals surface area contributed by atoms with E-state index in [1.165, 1.54) is 0 Å². The highest BCUT2D eigenvalue weighted by atomic mass is 16.5. The number of hydrogen-bond acceptors (Lipinski definition) is 2. The van der Waals surface area contributed by atoms with Gasteiger partial charge < -0.3 is 4.74 Å². The third-order valence-corrected chi connectivity index (χ3v) is 2.83. The Balaban J connectivity index is 4.37. The van der Waals surface area contributed by atoms with Gasteiger partial charge in [0.25, 0.3) is 0 Å². The summed E-state index contributed by atoms with van der Waals surface area (Å²) >= 11 is 0. The molecule has 0 aromatic heterocycles. The smallest absolute Gasteiger partial charge is 0.0976 e. The number of ether oxygens (including phenoxy) is 1. The maximum atomic E-state index is 5.88. The molecule has 0 radical (unpaired) electrons. The Morgan fingerprint density at radius 3 is 2.53 bits per heavy atom. The van der Waals surface area contributed by atoms with Crippen molar-refractivity contribution in [1.82, 2.24) is 0 Å². The van der Waals surface area contributed by atoms with Crippen LogP contribution in [0.2, 0.25) is 0 Å². The van der Waals surface area contributed by atoms with Gasteiger partial charge in [-0.25, -0.2) is 0 Å². The molecule has 0 aliphatic rings. The molecule has 2 nitrogen and oxygen atoms in total. The summed E-state index contributed by atoms with van der Waals surface area (Å²) in [5, 5.41) is 0. The highest BCUT2D eigenvalue weighted by Gasteiger charge is 2.07. The van der Waals surface area contributed by atoms with Crippen LogP contribution in [0.5, 0.6) is 0 Å². The van der Waals surface area contributed by atoms with Gasteiger partial charge >= 0.3 is 0 Å². The van der Waals surface area contributed by atoms with E-state index in [0.717, 1.165) is 43.0 Å². The van der Waals surface area contributed by atoms with Gasteiger partial charge in [0.1, 0.15) is 0 Å². The predicted octanol–water partition coefficient (Wildman–Crippen LogP) is 4.94. The summed E-state index contributed by atoms with van der Waals surface area (Å²) in [7, 11) is 0. The van der Waals surface area contributed by atoms with E-state index in [1.807, 2.05) is 33.8 Å². The average Bonchev–Trinajstić information content (AvgIpc) is 2.39. The molecule has 0 N–H and O–H groups in total. The van der Waals surface area contributed by atoms with Crippen molar-refractivity contribution in [2.75, 3.05) is 13.2 Å². The van der Waals surface area contributed by atoms with Gasteiger partial charge in [0.2, 0.25) is 0 Å². The molecule has 0 aliphatic heterocycles. The predicted molar refractivity (Wildman–Crippen MR) is 85.7 cm³/mol. The number of rotatable bonds is 9. The second-order valence-electron chi connectivity index (χ2n) is 4.85. The van der Waals surface area contributed by atoms with Gasteiger partial charge in [-0.3, -0.25) is 4.99 Å². The van der Waals surface area contributed by atoms with Gasteiger partial charge in [-0.15, -0.1) is 0 Å². The van der Waals surface area contributed by atoms with Crippen LogP contribution in [0, 0.1) is 5.92 Å². The van der Waals surface area contributed by atoms with Crippen LogP contribution >= 0.6 is 0 Å². The SMILES string of the molecule is C=C(C)/C(C/C(=C/C)OCC(C)C/C=C\C)=N\CC. The van der Waals surface area contributed by atoms with Gasteiger partial charge in [-0.05, 0) is 51.7 Å². The third-order valence-electron chi connectivity index (χ3n) is 2.83. The van der Waals surface area contributed by atoms with Crippen LogP contribution in [0.1, 0.15) is 47.5 Å². The van der Waals surface area contributed by atoms with E-state index in [9.17, 15) is 0 Å². The van der Waals surface area contributed by atoms with Crippen molar-refractivity contribution in [3.05, 3.63) is 36.1 Å². The van der Waals surface area contributed by atoms with Gasteiger partial charge in [-0.2, -0.15) is 0 Å². The zero-order valence-electron chi connectivity index (χ0n) is 13.2. The summed E-state index contributed by atoms with van der Waals surface area (Å²) < 4.78 is 5.88. The van der Waals surface area contributed by atoms with Crippen LogP contribution < -0.4 is 0 Å². The van der Waals surface area contributed by atoms with Crippen molar-refractivity contribution in [2.24, 2.45) is 10.9 Å². The van der Waals surface area contributed by atoms with Crippen LogP contribution in [0.3, 0.4) is 0 Å². The van der Waals surface area contributed by atoms with E-state index in [2.05, 4.69) is 30.6 Å². The first-order chi connectivity index (χ1) is 9.04. The molecule has 0 fully saturated rings. The molecule has 0 aromatic rings. The number of allylic oxidation sites excluding steroid dienone is 5. The Labute approximate surface area is 119 Å². The Morgan fingerprint density at radius 1 is 1.37 bits per heavy atom. The highest BCUT2D eigenvalue weighted by molar-refractivity contribution is 6.00. The summed E-state index contributed by atoms with van der Waals surface area (Å²) in [4.78, 5) is 4.47. The van der Waals surface area contributed by atoms with Gasteiger partial charge in [-0.1, -0.05) is 25.7 Å². The van der Waals surface area contributed by atoms with E-state index < -0.39 is 0 Å². The maximum Gasteiger partial charge on any atom is 0.0976 e. The van der Waals surface area contributed by atoms with Crippen LogP contribution in [0.4, 0.5) is 0 Å². The molecule has 19 heavy (non-hydrogen) atoms. The van der Waals surface area contributed by atoms with Gasteiger partial charge in [0.05, 0.1) is 12.4 Å². The number of aliphatic imine (C=N–C) groups is 1. The topological polar surface area (TPSA) is 21.6 Å². The fraction of sp³-hybridized carbons (Fsp3) is 0.588. The molecular weight excluding hydrogens is 234 g/mol. The third kappa shape index (κ3) is 8.41. The van der Waals surface area contributed by atoms with Crippen molar-refractivity contribution >= 4 is 5.71 Å². The second-order valence-corrected chi connectivity index (χ2v) is 4.85. The molecule has 0 saturated heterocycles.